The molecule has 1 atom stereocenters. The molecule has 0 aliphatic carbocycles. The zero-order chi connectivity index (χ0) is 16.2. The summed E-state index contributed by atoms with van der Waals surface area (Å²) in [5.41, 5.74) is 0.887. The van der Waals surface area contributed by atoms with Crippen molar-refractivity contribution in [1.29, 1.82) is 0 Å². The van der Waals surface area contributed by atoms with E-state index in [9.17, 15) is 13.2 Å². The summed E-state index contributed by atoms with van der Waals surface area (Å²) in [6.07, 6.45) is 1.89. The Kier molecular flexibility index (Phi) is 5.42. The Morgan fingerprint density at radius 1 is 1.45 bits per heavy atom. The molecule has 0 spiro atoms. The van der Waals surface area contributed by atoms with Crippen molar-refractivity contribution < 1.29 is 17.9 Å². The molecule has 22 heavy (non-hydrogen) atoms. The van der Waals surface area contributed by atoms with Gasteiger partial charge in [-0.15, -0.1) is 0 Å². The van der Waals surface area contributed by atoms with Gasteiger partial charge in [0.2, 0.25) is 15.9 Å². The van der Waals surface area contributed by atoms with Crippen molar-refractivity contribution in [3.63, 3.8) is 0 Å². The fourth-order valence-corrected chi connectivity index (χ4v) is 3.75. The molecule has 2 N–H and O–H groups in total. The summed E-state index contributed by atoms with van der Waals surface area (Å²) in [7, 11) is -1.91. The normalized spacial score (nSPS) is 19.0. The number of benzene rings is 1. The van der Waals surface area contributed by atoms with Crippen LogP contribution in [0.2, 0.25) is 0 Å². The first-order valence-corrected chi connectivity index (χ1v) is 9.00. The molecule has 1 aliphatic heterocycles. The maximum absolute atomic E-state index is 12.4. The SMILES string of the molecule is COc1cccc(CC(=O)N2CCC[C@@H](CS(N)(=O)=O)C2)c1. The number of likely N-dealkylation sites (tertiary alicyclic amines) is 1. The second-order valence-electron chi connectivity index (χ2n) is 5.71. The maximum atomic E-state index is 12.4. The number of methoxy groups -OCH3 is 1. The van der Waals surface area contributed by atoms with Crippen LogP contribution in [-0.2, 0) is 21.2 Å². The van der Waals surface area contributed by atoms with Gasteiger partial charge in [-0.2, -0.15) is 0 Å². The lowest BCUT2D eigenvalue weighted by molar-refractivity contribution is -0.132. The number of ether oxygens (including phenoxy) is 1. The third-order valence-corrected chi connectivity index (χ3v) is 4.77. The predicted octanol–water partition coefficient (Wildman–Crippen LogP) is 0.765. The first-order chi connectivity index (χ1) is 10.4. The number of sulfonamides is 1. The van der Waals surface area contributed by atoms with Crippen LogP contribution in [0.4, 0.5) is 0 Å². The van der Waals surface area contributed by atoms with Crippen molar-refractivity contribution >= 4 is 15.9 Å². The summed E-state index contributed by atoms with van der Waals surface area (Å²) < 4.78 is 27.5. The van der Waals surface area contributed by atoms with E-state index in [4.69, 9.17) is 9.88 Å². The van der Waals surface area contributed by atoms with E-state index in [0.717, 1.165) is 24.2 Å². The first kappa shape index (κ1) is 16.8. The topological polar surface area (TPSA) is 89.7 Å². The highest BCUT2D eigenvalue weighted by molar-refractivity contribution is 7.89. The fraction of sp³-hybridized carbons (Fsp3) is 0.533. The van der Waals surface area contributed by atoms with Crippen LogP contribution in [-0.4, -0.2) is 45.2 Å². The van der Waals surface area contributed by atoms with E-state index in [0.29, 0.717) is 19.5 Å². The highest BCUT2D eigenvalue weighted by atomic mass is 32.2. The lowest BCUT2D eigenvalue weighted by atomic mass is 9.99. The number of piperidine rings is 1. The van der Waals surface area contributed by atoms with Crippen LogP contribution < -0.4 is 9.88 Å². The van der Waals surface area contributed by atoms with E-state index >= 15 is 0 Å². The largest absolute Gasteiger partial charge is 0.497 e. The van der Waals surface area contributed by atoms with Crippen LogP contribution in [0.25, 0.3) is 0 Å². The summed E-state index contributed by atoms with van der Waals surface area (Å²) in [5.74, 6) is 0.595. The van der Waals surface area contributed by atoms with Crippen molar-refractivity contribution in [3.8, 4) is 5.75 Å². The number of carbonyl (C=O) groups is 1. The van der Waals surface area contributed by atoms with Crippen molar-refractivity contribution in [2.24, 2.45) is 11.1 Å². The standard InChI is InChI=1S/C15H22N2O4S/c1-21-14-6-2-4-12(8-14)9-15(18)17-7-3-5-13(10-17)11-22(16,19)20/h2,4,6,8,13H,3,5,7,9-11H2,1H3,(H2,16,19,20)/t13-/m1/s1. The quantitative estimate of drug-likeness (QED) is 0.865. The number of nitrogens with two attached hydrogens (primary N) is 1. The second-order valence-corrected chi connectivity index (χ2v) is 7.36. The van der Waals surface area contributed by atoms with E-state index in [1.807, 2.05) is 24.3 Å². The predicted molar refractivity (Wildman–Crippen MR) is 84.0 cm³/mol. The van der Waals surface area contributed by atoms with Crippen LogP contribution in [0.15, 0.2) is 24.3 Å². The average molecular weight is 326 g/mol. The lowest BCUT2D eigenvalue weighted by Gasteiger charge is -2.32. The fourth-order valence-electron chi connectivity index (χ4n) is 2.83. The Hall–Kier alpha value is -1.60. The van der Waals surface area contributed by atoms with Crippen LogP contribution >= 0.6 is 0 Å². The summed E-state index contributed by atoms with van der Waals surface area (Å²) in [5, 5.41) is 5.10. The van der Waals surface area contributed by atoms with Crippen molar-refractivity contribution in [1.82, 2.24) is 4.90 Å². The summed E-state index contributed by atoms with van der Waals surface area (Å²) in [4.78, 5) is 14.1. The van der Waals surface area contributed by atoms with Gasteiger partial charge in [-0.3, -0.25) is 4.79 Å². The summed E-state index contributed by atoms with van der Waals surface area (Å²) in [6.45, 7) is 1.13. The third-order valence-electron chi connectivity index (χ3n) is 3.83. The Morgan fingerprint density at radius 2 is 2.23 bits per heavy atom. The summed E-state index contributed by atoms with van der Waals surface area (Å²) >= 11 is 0. The molecule has 122 valence electrons. The maximum Gasteiger partial charge on any atom is 0.227 e. The van der Waals surface area contributed by atoms with Gasteiger partial charge in [-0.25, -0.2) is 13.6 Å². The third kappa shape index (κ3) is 4.99. The van der Waals surface area contributed by atoms with E-state index in [1.165, 1.54) is 0 Å². The molecule has 1 heterocycles. The highest BCUT2D eigenvalue weighted by Crippen LogP contribution is 2.19. The number of rotatable bonds is 5. The van der Waals surface area contributed by atoms with Gasteiger partial charge in [0, 0.05) is 13.1 Å². The molecule has 0 aromatic heterocycles. The van der Waals surface area contributed by atoms with Gasteiger partial charge in [0.25, 0.3) is 0 Å². The minimum Gasteiger partial charge on any atom is -0.497 e. The number of nitrogens with zero attached hydrogens (tertiary/aromatic N) is 1. The zero-order valence-corrected chi connectivity index (χ0v) is 13.5. The van der Waals surface area contributed by atoms with E-state index in [2.05, 4.69) is 0 Å². The lowest BCUT2D eigenvalue weighted by Crippen LogP contribution is -2.43. The van der Waals surface area contributed by atoms with Gasteiger partial charge in [0.15, 0.2) is 0 Å². The Morgan fingerprint density at radius 3 is 2.91 bits per heavy atom. The van der Waals surface area contributed by atoms with Crippen LogP contribution in [0.5, 0.6) is 5.75 Å². The molecule has 1 aliphatic rings. The molecule has 2 rings (SSSR count). The number of amides is 1. The van der Waals surface area contributed by atoms with Crippen molar-refractivity contribution in [2.75, 3.05) is 26.0 Å². The molecule has 0 bridgehead atoms. The minimum absolute atomic E-state index is 0.00683. The van der Waals surface area contributed by atoms with Gasteiger partial charge in [-0.1, -0.05) is 12.1 Å². The molecular formula is C15H22N2O4S. The Labute approximate surface area is 131 Å². The Balaban J connectivity index is 1.96. The molecule has 0 unspecified atom stereocenters. The average Bonchev–Trinajstić information content (AvgIpc) is 2.46. The van der Waals surface area contributed by atoms with Crippen molar-refractivity contribution in [3.05, 3.63) is 29.8 Å². The number of hydrogen-bond donors (Lipinski definition) is 1. The molecule has 1 aromatic rings. The summed E-state index contributed by atoms with van der Waals surface area (Å²) in [6, 6.07) is 7.40. The number of carbonyl (C=O) groups excluding carboxylic acids is 1. The van der Waals surface area contributed by atoms with Crippen molar-refractivity contribution in [2.45, 2.75) is 19.3 Å². The molecule has 1 aromatic carbocycles. The van der Waals surface area contributed by atoms with E-state index in [1.54, 1.807) is 12.0 Å². The van der Waals surface area contributed by atoms with Crippen LogP contribution in [0.1, 0.15) is 18.4 Å². The molecule has 1 fully saturated rings. The van der Waals surface area contributed by atoms with Gasteiger partial charge in [-0.05, 0) is 36.5 Å². The second kappa shape index (κ2) is 7.11. The minimum atomic E-state index is -3.50. The molecule has 0 radical (unpaired) electrons. The molecule has 1 saturated heterocycles. The number of hydrogen-bond acceptors (Lipinski definition) is 4. The zero-order valence-electron chi connectivity index (χ0n) is 12.7. The molecular weight excluding hydrogens is 304 g/mol. The molecule has 0 saturated carbocycles. The first-order valence-electron chi connectivity index (χ1n) is 7.28. The van der Waals surface area contributed by atoms with Gasteiger partial charge in [0.1, 0.15) is 5.75 Å². The molecule has 6 nitrogen and oxygen atoms in total. The highest BCUT2D eigenvalue weighted by Gasteiger charge is 2.26. The Bertz CT molecular complexity index is 630. The smallest absolute Gasteiger partial charge is 0.227 e. The monoisotopic (exact) mass is 326 g/mol. The van der Waals surface area contributed by atoms with Gasteiger partial charge in [0.05, 0.1) is 19.3 Å². The van der Waals surface area contributed by atoms with E-state index in [-0.39, 0.29) is 17.6 Å². The van der Waals surface area contributed by atoms with Crippen LogP contribution in [0.3, 0.4) is 0 Å². The van der Waals surface area contributed by atoms with Crippen LogP contribution in [0, 0.1) is 5.92 Å². The van der Waals surface area contributed by atoms with Gasteiger partial charge >= 0.3 is 0 Å². The molecule has 1 amide bonds. The number of primary sulfonamides is 1. The molecule has 7 heteroatoms. The van der Waals surface area contributed by atoms with Gasteiger partial charge < -0.3 is 9.64 Å². The van der Waals surface area contributed by atoms with E-state index < -0.39 is 10.0 Å².